The monoisotopic (exact) mass is 323 g/mol. The van der Waals surface area contributed by atoms with Crippen molar-refractivity contribution in [2.45, 2.75) is 11.2 Å². The van der Waals surface area contributed by atoms with Crippen LogP contribution in [0.4, 0.5) is 10.1 Å². The van der Waals surface area contributed by atoms with Crippen LogP contribution in [0.1, 0.15) is 16.0 Å². The lowest BCUT2D eigenvalue weighted by atomic mass is 10.0. The highest BCUT2D eigenvalue weighted by atomic mass is 79.9. The van der Waals surface area contributed by atoms with Crippen molar-refractivity contribution in [3.05, 3.63) is 75.6 Å². The van der Waals surface area contributed by atoms with Crippen LogP contribution in [-0.4, -0.2) is 4.92 Å². The second-order valence-corrected chi connectivity index (χ2v) is 5.26. The van der Waals surface area contributed by atoms with Crippen molar-refractivity contribution >= 4 is 21.6 Å². The Bertz CT molecular complexity index is 586. The molecule has 1 atom stereocenters. The Morgan fingerprint density at radius 2 is 1.89 bits per heavy atom. The van der Waals surface area contributed by atoms with Gasteiger partial charge in [-0.15, -0.1) is 0 Å². The number of non-ortho nitro benzene ring substituents is 1. The number of halogens is 2. The summed E-state index contributed by atoms with van der Waals surface area (Å²) in [6, 6.07) is 12.8. The van der Waals surface area contributed by atoms with Crippen LogP contribution in [0.15, 0.2) is 48.5 Å². The van der Waals surface area contributed by atoms with Crippen LogP contribution in [0.25, 0.3) is 0 Å². The quantitative estimate of drug-likeness (QED) is 0.475. The van der Waals surface area contributed by atoms with Gasteiger partial charge >= 0.3 is 0 Å². The Kier molecular flexibility index (Phi) is 4.27. The van der Waals surface area contributed by atoms with Gasteiger partial charge in [0, 0.05) is 17.0 Å². The molecule has 0 aliphatic carbocycles. The lowest BCUT2D eigenvalue weighted by molar-refractivity contribution is -0.384. The Hall–Kier alpha value is -1.75. The second-order valence-electron chi connectivity index (χ2n) is 4.15. The normalized spacial score (nSPS) is 12.1. The average molecular weight is 324 g/mol. The first-order valence-corrected chi connectivity index (χ1v) is 6.60. The average Bonchev–Trinajstić information content (AvgIpc) is 2.39. The molecule has 0 aliphatic rings. The molecule has 0 heterocycles. The van der Waals surface area contributed by atoms with Gasteiger partial charge in [0.25, 0.3) is 5.69 Å². The van der Waals surface area contributed by atoms with Crippen molar-refractivity contribution in [1.29, 1.82) is 0 Å². The summed E-state index contributed by atoms with van der Waals surface area (Å²) >= 11 is 3.50. The summed E-state index contributed by atoms with van der Waals surface area (Å²) < 4.78 is 13.1. The van der Waals surface area contributed by atoms with E-state index in [-0.39, 0.29) is 16.3 Å². The second kappa shape index (κ2) is 5.93. The topological polar surface area (TPSA) is 43.1 Å². The van der Waals surface area contributed by atoms with E-state index in [1.807, 2.05) is 6.07 Å². The standard InChI is InChI=1S/C14H11BrFNO2/c15-14(11-2-1-3-12(16)9-11)8-10-4-6-13(7-5-10)17(18)19/h1-7,9,14H,8H2. The molecule has 19 heavy (non-hydrogen) atoms. The maximum absolute atomic E-state index is 13.1. The summed E-state index contributed by atoms with van der Waals surface area (Å²) in [5.41, 5.74) is 1.87. The van der Waals surface area contributed by atoms with Crippen LogP contribution in [0.2, 0.25) is 0 Å². The molecule has 0 radical (unpaired) electrons. The molecule has 98 valence electrons. The Labute approximate surface area is 118 Å². The third-order valence-corrected chi connectivity index (χ3v) is 3.62. The van der Waals surface area contributed by atoms with Crippen molar-refractivity contribution in [3.63, 3.8) is 0 Å². The SMILES string of the molecule is O=[N+]([O-])c1ccc(CC(Br)c2cccc(F)c2)cc1. The largest absolute Gasteiger partial charge is 0.269 e. The van der Waals surface area contributed by atoms with Gasteiger partial charge in [0.05, 0.1) is 4.92 Å². The molecule has 2 rings (SSSR count). The highest BCUT2D eigenvalue weighted by Crippen LogP contribution is 2.28. The summed E-state index contributed by atoms with van der Waals surface area (Å²) in [7, 11) is 0. The van der Waals surface area contributed by atoms with Crippen LogP contribution in [0.3, 0.4) is 0 Å². The van der Waals surface area contributed by atoms with E-state index in [1.165, 1.54) is 24.3 Å². The van der Waals surface area contributed by atoms with Crippen molar-refractivity contribution < 1.29 is 9.31 Å². The highest BCUT2D eigenvalue weighted by molar-refractivity contribution is 9.09. The van der Waals surface area contributed by atoms with Crippen LogP contribution in [0.5, 0.6) is 0 Å². The molecule has 5 heteroatoms. The van der Waals surface area contributed by atoms with Gasteiger partial charge in [-0.3, -0.25) is 10.1 Å². The van der Waals surface area contributed by atoms with Gasteiger partial charge in [-0.25, -0.2) is 4.39 Å². The minimum atomic E-state index is -0.429. The molecule has 0 amide bonds. The van der Waals surface area contributed by atoms with Gasteiger partial charge in [0.15, 0.2) is 0 Å². The molecule has 3 nitrogen and oxygen atoms in total. The van der Waals surface area contributed by atoms with Crippen LogP contribution in [0, 0.1) is 15.9 Å². The fourth-order valence-corrected chi connectivity index (χ4v) is 2.44. The number of nitro groups is 1. The first-order chi connectivity index (χ1) is 9.06. The summed E-state index contributed by atoms with van der Waals surface area (Å²) in [5, 5.41) is 10.5. The summed E-state index contributed by atoms with van der Waals surface area (Å²) in [6.07, 6.45) is 0.640. The lowest BCUT2D eigenvalue weighted by Crippen LogP contribution is -1.96. The Morgan fingerprint density at radius 1 is 1.21 bits per heavy atom. The van der Waals surface area contributed by atoms with E-state index in [0.29, 0.717) is 6.42 Å². The zero-order valence-electron chi connectivity index (χ0n) is 9.92. The molecule has 0 fully saturated rings. The van der Waals surface area contributed by atoms with Crippen LogP contribution < -0.4 is 0 Å². The van der Waals surface area contributed by atoms with Gasteiger partial charge < -0.3 is 0 Å². The van der Waals surface area contributed by atoms with E-state index >= 15 is 0 Å². The number of hydrogen-bond acceptors (Lipinski definition) is 2. The van der Waals surface area contributed by atoms with Gasteiger partial charge in [0.2, 0.25) is 0 Å². The molecule has 0 bridgehead atoms. The van der Waals surface area contributed by atoms with Crippen molar-refractivity contribution in [1.82, 2.24) is 0 Å². The summed E-state index contributed by atoms with van der Waals surface area (Å²) in [4.78, 5) is 10.1. The van der Waals surface area contributed by atoms with E-state index in [4.69, 9.17) is 0 Å². The number of hydrogen-bond donors (Lipinski definition) is 0. The van der Waals surface area contributed by atoms with Gasteiger partial charge in [-0.1, -0.05) is 40.2 Å². The van der Waals surface area contributed by atoms with E-state index in [2.05, 4.69) is 15.9 Å². The van der Waals surface area contributed by atoms with E-state index in [1.54, 1.807) is 18.2 Å². The smallest absolute Gasteiger partial charge is 0.258 e. The first-order valence-electron chi connectivity index (χ1n) is 5.69. The highest BCUT2D eigenvalue weighted by Gasteiger charge is 2.10. The summed E-state index contributed by atoms with van der Waals surface area (Å²) in [6.45, 7) is 0. The lowest BCUT2D eigenvalue weighted by Gasteiger charge is -2.10. The zero-order chi connectivity index (χ0) is 13.8. The van der Waals surface area contributed by atoms with Crippen molar-refractivity contribution in [3.8, 4) is 0 Å². The minimum absolute atomic E-state index is 0.0235. The number of rotatable bonds is 4. The summed E-state index contributed by atoms with van der Waals surface area (Å²) in [5.74, 6) is -0.273. The number of nitrogens with zero attached hydrogens (tertiary/aromatic N) is 1. The van der Waals surface area contributed by atoms with Gasteiger partial charge in [0.1, 0.15) is 5.82 Å². The van der Waals surface area contributed by atoms with Crippen LogP contribution >= 0.6 is 15.9 Å². The predicted octanol–water partition coefficient (Wildman–Crippen LogP) is 4.41. The predicted molar refractivity (Wildman–Crippen MR) is 74.9 cm³/mol. The molecular weight excluding hydrogens is 313 g/mol. The van der Waals surface area contributed by atoms with E-state index in [0.717, 1.165) is 11.1 Å². The number of alkyl halides is 1. The minimum Gasteiger partial charge on any atom is -0.258 e. The third-order valence-electron chi connectivity index (χ3n) is 2.77. The van der Waals surface area contributed by atoms with Crippen molar-refractivity contribution in [2.24, 2.45) is 0 Å². The van der Waals surface area contributed by atoms with Gasteiger partial charge in [-0.05, 0) is 29.7 Å². The molecule has 0 aromatic heterocycles. The fourth-order valence-electron chi connectivity index (χ4n) is 1.78. The molecule has 2 aromatic rings. The fraction of sp³-hybridized carbons (Fsp3) is 0.143. The molecule has 1 unspecified atom stereocenters. The van der Waals surface area contributed by atoms with Crippen molar-refractivity contribution in [2.75, 3.05) is 0 Å². The maximum Gasteiger partial charge on any atom is 0.269 e. The van der Waals surface area contributed by atoms with E-state index < -0.39 is 4.92 Å². The zero-order valence-corrected chi connectivity index (χ0v) is 11.5. The van der Waals surface area contributed by atoms with Gasteiger partial charge in [-0.2, -0.15) is 0 Å². The Balaban J connectivity index is 2.10. The first kappa shape index (κ1) is 13.7. The van der Waals surface area contributed by atoms with Crippen LogP contribution in [-0.2, 0) is 6.42 Å². The molecule has 2 aromatic carbocycles. The Morgan fingerprint density at radius 3 is 2.47 bits per heavy atom. The number of benzene rings is 2. The molecular formula is C14H11BrFNO2. The molecule has 0 saturated carbocycles. The number of nitro benzene ring substituents is 1. The molecule has 0 aliphatic heterocycles. The molecule has 0 N–H and O–H groups in total. The molecule has 0 saturated heterocycles. The maximum atomic E-state index is 13.1. The van der Waals surface area contributed by atoms with E-state index in [9.17, 15) is 14.5 Å². The third kappa shape index (κ3) is 3.61. The molecule has 0 spiro atoms.